The van der Waals surface area contributed by atoms with Gasteiger partial charge in [0.2, 0.25) is 0 Å². The average molecular weight is 345 g/mol. The molecule has 0 bridgehead atoms. The van der Waals surface area contributed by atoms with Crippen molar-refractivity contribution >= 4 is 50.6 Å². The number of hydrogen-bond donors (Lipinski definition) is 1. The summed E-state index contributed by atoms with van der Waals surface area (Å²) in [7, 11) is 0. The molecule has 0 amide bonds. The number of nitrogens with two attached hydrogens (primary N) is 1. The number of anilines is 1. The van der Waals surface area contributed by atoms with Crippen molar-refractivity contribution in [3.8, 4) is 0 Å². The molecular weight excluding hydrogens is 337 g/mol. The van der Waals surface area contributed by atoms with Crippen molar-refractivity contribution in [2.75, 3.05) is 5.73 Å². The molecule has 0 atom stereocenters. The van der Waals surface area contributed by atoms with E-state index >= 15 is 0 Å². The number of nitrogen functional groups attached to an aromatic ring is 1. The standard InChI is InChI=1S/C13H8BrCl2NO/c14-8-1-2-12(17)11(5-8)13(18)7-3-9(15)6-10(16)4-7/h1-6H,17H2. The average Bonchev–Trinajstić information content (AvgIpc) is 2.30. The molecule has 0 saturated heterocycles. The zero-order valence-electron chi connectivity index (χ0n) is 9.08. The normalized spacial score (nSPS) is 10.4. The van der Waals surface area contributed by atoms with Gasteiger partial charge < -0.3 is 5.73 Å². The molecule has 5 heteroatoms. The third kappa shape index (κ3) is 2.86. The van der Waals surface area contributed by atoms with Crippen LogP contribution in [-0.2, 0) is 0 Å². The van der Waals surface area contributed by atoms with Crippen molar-refractivity contribution in [1.82, 2.24) is 0 Å². The minimum Gasteiger partial charge on any atom is -0.398 e. The van der Waals surface area contributed by atoms with Gasteiger partial charge in [-0.3, -0.25) is 4.79 Å². The molecule has 0 heterocycles. The maximum absolute atomic E-state index is 12.3. The lowest BCUT2D eigenvalue weighted by Gasteiger charge is -2.06. The summed E-state index contributed by atoms with van der Waals surface area (Å²) in [6.45, 7) is 0. The molecule has 0 aliphatic heterocycles. The van der Waals surface area contributed by atoms with Crippen molar-refractivity contribution in [2.45, 2.75) is 0 Å². The van der Waals surface area contributed by atoms with Gasteiger partial charge in [0.05, 0.1) is 0 Å². The van der Waals surface area contributed by atoms with Crippen LogP contribution in [0.4, 0.5) is 5.69 Å². The molecule has 18 heavy (non-hydrogen) atoms. The highest BCUT2D eigenvalue weighted by Gasteiger charge is 2.14. The molecule has 0 aromatic heterocycles. The van der Waals surface area contributed by atoms with Crippen LogP contribution in [0.3, 0.4) is 0 Å². The lowest BCUT2D eigenvalue weighted by molar-refractivity contribution is 0.103. The highest BCUT2D eigenvalue weighted by molar-refractivity contribution is 9.10. The van der Waals surface area contributed by atoms with E-state index in [-0.39, 0.29) is 5.78 Å². The molecule has 0 radical (unpaired) electrons. The molecule has 2 nitrogen and oxygen atoms in total. The van der Waals surface area contributed by atoms with Crippen molar-refractivity contribution in [1.29, 1.82) is 0 Å². The SMILES string of the molecule is Nc1ccc(Br)cc1C(=O)c1cc(Cl)cc(Cl)c1. The third-order valence-electron chi connectivity index (χ3n) is 2.38. The van der Waals surface area contributed by atoms with Gasteiger partial charge in [0.25, 0.3) is 0 Å². The van der Waals surface area contributed by atoms with E-state index in [0.717, 1.165) is 4.47 Å². The molecule has 0 spiro atoms. The van der Waals surface area contributed by atoms with Crippen LogP contribution in [0.25, 0.3) is 0 Å². The number of carbonyl (C=O) groups is 1. The summed E-state index contributed by atoms with van der Waals surface area (Å²) >= 11 is 15.1. The van der Waals surface area contributed by atoms with Gasteiger partial charge in [-0.2, -0.15) is 0 Å². The second-order valence-electron chi connectivity index (χ2n) is 3.72. The summed E-state index contributed by atoms with van der Waals surface area (Å²) in [6, 6.07) is 9.82. The van der Waals surface area contributed by atoms with Crippen LogP contribution in [0.15, 0.2) is 40.9 Å². The fourth-order valence-electron chi connectivity index (χ4n) is 1.57. The van der Waals surface area contributed by atoms with Crippen LogP contribution in [0.2, 0.25) is 10.0 Å². The molecule has 2 N–H and O–H groups in total. The monoisotopic (exact) mass is 343 g/mol. The van der Waals surface area contributed by atoms with Crippen molar-refractivity contribution in [3.05, 3.63) is 62.0 Å². The summed E-state index contributed by atoms with van der Waals surface area (Å²) in [5, 5.41) is 0.832. The number of rotatable bonds is 2. The van der Waals surface area contributed by atoms with Gasteiger partial charge in [0.1, 0.15) is 0 Å². The molecular formula is C13H8BrCl2NO. The first-order chi connectivity index (χ1) is 8.47. The Morgan fingerprint density at radius 1 is 1.06 bits per heavy atom. The van der Waals surface area contributed by atoms with E-state index in [1.165, 1.54) is 0 Å². The van der Waals surface area contributed by atoms with Gasteiger partial charge >= 0.3 is 0 Å². The Labute approximate surface area is 123 Å². The molecule has 0 aliphatic rings. The van der Waals surface area contributed by atoms with Gasteiger partial charge in [0.15, 0.2) is 5.78 Å². The number of halogens is 3. The van der Waals surface area contributed by atoms with Gasteiger partial charge in [0, 0.05) is 31.3 Å². The number of ketones is 1. The number of benzene rings is 2. The predicted octanol–water partition coefficient (Wildman–Crippen LogP) is 4.57. The largest absolute Gasteiger partial charge is 0.398 e. The Morgan fingerprint density at radius 3 is 2.28 bits per heavy atom. The predicted molar refractivity (Wildman–Crippen MR) is 78.4 cm³/mol. The Balaban J connectivity index is 2.51. The lowest BCUT2D eigenvalue weighted by atomic mass is 10.0. The van der Waals surface area contributed by atoms with E-state index in [9.17, 15) is 4.79 Å². The Morgan fingerprint density at radius 2 is 1.67 bits per heavy atom. The van der Waals surface area contributed by atoms with E-state index in [2.05, 4.69) is 15.9 Å². The quantitative estimate of drug-likeness (QED) is 0.640. The molecule has 2 aromatic rings. The van der Waals surface area contributed by atoms with Crippen molar-refractivity contribution in [3.63, 3.8) is 0 Å². The van der Waals surface area contributed by atoms with Crippen LogP contribution in [0.1, 0.15) is 15.9 Å². The zero-order chi connectivity index (χ0) is 13.3. The fraction of sp³-hybridized carbons (Fsp3) is 0. The second-order valence-corrected chi connectivity index (χ2v) is 5.51. The summed E-state index contributed by atoms with van der Waals surface area (Å²) in [5.74, 6) is -0.210. The molecule has 2 rings (SSSR count). The Kier molecular flexibility index (Phi) is 3.95. The van der Waals surface area contributed by atoms with Crippen LogP contribution in [0, 0.1) is 0 Å². The minimum atomic E-state index is -0.210. The van der Waals surface area contributed by atoms with E-state index in [1.807, 2.05) is 0 Å². The minimum absolute atomic E-state index is 0.210. The van der Waals surface area contributed by atoms with Crippen LogP contribution in [0.5, 0.6) is 0 Å². The van der Waals surface area contributed by atoms with E-state index in [4.69, 9.17) is 28.9 Å². The van der Waals surface area contributed by atoms with Crippen LogP contribution < -0.4 is 5.73 Å². The third-order valence-corrected chi connectivity index (χ3v) is 3.31. The van der Waals surface area contributed by atoms with E-state index < -0.39 is 0 Å². The van der Waals surface area contributed by atoms with Gasteiger partial charge in [-0.1, -0.05) is 39.1 Å². The molecule has 2 aromatic carbocycles. The summed E-state index contributed by atoms with van der Waals surface area (Å²) in [4.78, 5) is 12.3. The Bertz CT molecular complexity index is 608. The lowest BCUT2D eigenvalue weighted by Crippen LogP contribution is -2.05. The van der Waals surface area contributed by atoms with Crippen LogP contribution in [-0.4, -0.2) is 5.78 Å². The maximum atomic E-state index is 12.3. The first kappa shape index (κ1) is 13.4. The molecule has 92 valence electrons. The highest BCUT2D eigenvalue weighted by atomic mass is 79.9. The first-order valence-electron chi connectivity index (χ1n) is 5.03. The maximum Gasteiger partial charge on any atom is 0.195 e. The number of hydrogen-bond acceptors (Lipinski definition) is 2. The summed E-state index contributed by atoms with van der Waals surface area (Å²) < 4.78 is 0.785. The van der Waals surface area contributed by atoms with Gasteiger partial charge in [-0.15, -0.1) is 0 Å². The van der Waals surface area contributed by atoms with E-state index in [0.29, 0.717) is 26.9 Å². The molecule has 0 saturated carbocycles. The molecule has 0 fully saturated rings. The smallest absolute Gasteiger partial charge is 0.195 e. The summed E-state index contributed by atoms with van der Waals surface area (Å²) in [6.07, 6.45) is 0. The highest BCUT2D eigenvalue weighted by Crippen LogP contribution is 2.25. The summed E-state index contributed by atoms with van der Waals surface area (Å²) in [5.41, 5.74) is 7.05. The second kappa shape index (κ2) is 5.31. The fourth-order valence-corrected chi connectivity index (χ4v) is 2.45. The molecule has 0 aliphatic carbocycles. The Hall–Kier alpha value is -1.03. The first-order valence-corrected chi connectivity index (χ1v) is 6.58. The van der Waals surface area contributed by atoms with Gasteiger partial charge in [-0.25, -0.2) is 0 Å². The van der Waals surface area contributed by atoms with Crippen molar-refractivity contribution in [2.24, 2.45) is 0 Å². The van der Waals surface area contributed by atoms with Gasteiger partial charge in [-0.05, 0) is 36.4 Å². The van der Waals surface area contributed by atoms with E-state index in [1.54, 1.807) is 36.4 Å². The molecule has 0 unspecified atom stereocenters. The zero-order valence-corrected chi connectivity index (χ0v) is 12.2. The topological polar surface area (TPSA) is 43.1 Å². The van der Waals surface area contributed by atoms with Crippen molar-refractivity contribution < 1.29 is 4.79 Å². The van der Waals surface area contributed by atoms with Crippen LogP contribution >= 0.6 is 39.1 Å². The number of carbonyl (C=O) groups excluding carboxylic acids is 1.